The third-order valence-electron chi connectivity index (χ3n) is 5.16. The molecule has 3 rings (SSSR count). The van der Waals surface area contributed by atoms with E-state index in [1.54, 1.807) is 12.4 Å². The van der Waals surface area contributed by atoms with Gasteiger partial charge in [-0.05, 0) is 30.4 Å². The largest absolute Gasteiger partial charge is 0.352 e. The molecule has 0 unspecified atom stereocenters. The molecule has 0 bridgehead atoms. The quantitative estimate of drug-likeness (QED) is 0.831. The van der Waals surface area contributed by atoms with Crippen molar-refractivity contribution in [1.29, 1.82) is 0 Å². The van der Waals surface area contributed by atoms with Gasteiger partial charge in [0.25, 0.3) is 0 Å². The van der Waals surface area contributed by atoms with Crippen molar-refractivity contribution in [2.45, 2.75) is 44.3 Å². The van der Waals surface area contributed by atoms with Crippen LogP contribution in [0.3, 0.4) is 0 Å². The van der Waals surface area contributed by atoms with E-state index in [0.717, 1.165) is 23.0 Å². The molecule has 0 aliphatic heterocycles. The van der Waals surface area contributed by atoms with Crippen LogP contribution in [-0.2, 0) is 11.8 Å². The Kier molecular flexibility index (Phi) is 5.73. The summed E-state index contributed by atoms with van der Waals surface area (Å²) in [6.45, 7) is 4.52. The topological polar surface area (TPSA) is 72.7 Å². The monoisotopic (exact) mass is 359 g/mol. The lowest BCUT2D eigenvalue weighted by atomic mass is 9.78. The summed E-state index contributed by atoms with van der Waals surface area (Å²) in [7, 11) is 1.92. The lowest BCUT2D eigenvalue weighted by Crippen LogP contribution is -2.44. The Morgan fingerprint density at radius 2 is 2.04 bits per heavy atom. The second-order valence-corrected chi connectivity index (χ2v) is 7.77. The molecule has 134 valence electrons. The molecule has 25 heavy (non-hydrogen) atoms. The normalized spacial score (nSPS) is 23.4. The highest BCUT2D eigenvalue weighted by Crippen LogP contribution is 2.29. The molecule has 3 atom stereocenters. The average Bonchev–Trinajstić information content (AvgIpc) is 2.99. The summed E-state index contributed by atoms with van der Waals surface area (Å²) in [5.74, 6) is 2.42. The number of hydrogen-bond donors (Lipinski definition) is 1. The summed E-state index contributed by atoms with van der Waals surface area (Å²) >= 11 is 1.42. The number of nitrogens with zero attached hydrogens (tertiary/aromatic N) is 4. The van der Waals surface area contributed by atoms with Crippen molar-refractivity contribution >= 4 is 17.7 Å². The Hall–Kier alpha value is -1.89. The molecule has 2 aromatic heterocycles. The Bertz CT molecular complexity index is 718. The van der Waals surface area contributed by atoms with Crippen LogP contribution in [0, 0.1) is 11.8 Å². The number of carbonyl (C=O) groups is 1. The maximum Gasteiger partial charge on any atom is 0.230 e. The van der Waals surface area contributed by atoms with Crippen LogP contribution < -0.4 is 5.32 Å². The van der Waals surface area contributed by atoms with Gasteiger partial charge in [-0.3, -0.25) is 9.78 Å². The van der Waals surface area contributed by atoms with E-state index < -0.39 is 0 Å². The van der Waals surface area contributed by atoms with Crippen molar-refractivity contribution in [3.05, 3.63) is 24.5 Å². The minimum atomic E-state index is 0.0735. The van der Waals surface area contributed by atoms with Gasteiger partial charge >= 0.3 is 0 Å². The number of rotatable bonds is 5. The molecular weight excluding hydrogens is 334 g/mol. The van der Waals surface area contributed by atoms with E-state index in [0.29, 0.717) is 23.6 Å². The van der Waals surface area contributed by atoms with Crippen LogP contribution in [0.5, 0.6) is 0 Å². The summed E-state index contributed by atoms with van der Waals surface area (Å²) in [5.41, 5.74) is 0.964. The van der Waals surface area contributed by atoms with Crippen molar-refractivity contribution in [2.24, 2.45) is 18.9 Å². The van der Waals surface area contributed by atoms with Gasteiger partial charge in [0, 0.05) is 31.0 Å². The fourth-order valence-corrected chi connectivity index (χ4v) is 4.08. The van der Waals surface area contributed by atoms with E-state index in [-0.39, 0.29) is 5.91 Å². The van der Waals surface area contributed by atoms with E-state index in [9.17, 15) is 4.79 Å². The van der Waals surface area contributed by atoms with Gasteiger partial charge in [-0.1, -0.05) is 38.5 Å². The van der Waals surface area contributed by atoms with Gasteiger partial charge < -0.3 is 9.88 Å². The first-order chi connectivity index (χ1) is 12.1. The van der Waals surface area contributed by atoms with Gasteiger partial charge in [0.2, 0.25) is 5.91 Å². The standard InChI is InChI=1S/C18H25N5OS/c1-12-5-4-6-15(13(12)2)20-16(24)11-25-18-22-21-17(23(18)3)14-7-9-19-10-8-14/h7-10,12-13,15H,4-6,11H2,1-3H3,(H,20,24)/t12-,13-,15-/m1/s1. The predicted molar refractivity (Wildman–Crippen MR) is 99.1 cm³/mol. The maximum absolute atomic E-state index is 12.3. The van der Waals surface area contributed by atoms with Gasteiger partial charge in [0.05, 0.1) is 5.75 Å². The molecule has 0 aromatic carbocycles. The highest BCUT2D eigenvalue weighted by Gasteiger charge is 2.28. The SMILES string of the molecule is C[C@@H]1[C@H](C)CCC[C@H]1NC(=O)CSc1nnc(-c2ccncc2)n1C. The number of pyridine rings is 1. The van der Waals surface area contributed by atoms with Crippen LogP contribution in [0.4, 0.5) is 0 Å². The molecule has 0 spiro atoms. The zero-order valence-corrected chi connectivity index (χ0v) is 15.8. The Balaban J connectivity index is 1.57. The van der Waals surface area contributed by atoms with E-state index in [2.05, 4.69) is 34.3 Å². The molecule has 1 aliphatic rings. The predicted octanol–water partition coefficient (Wildman–Crippen LogP) is 2.91. The van der Waals surface area contributed by atoms with Gasteiger partial charge in [0.1, 0.15) is 0 Å². The van der Waals surface area contributed by atoms with Gasteiger partial charge in [-0.15, -0.1) is 10.2 Å². The summed E-state index contributed by atoms with van der Waals surface area (Å²) in [6.07, 6.45) is 7.01. The number of thioether (sulfide) groups is 1. The average molecular weight is 359 g/mol. The van der Waals surface area contributed by atoms with Crippen LogP contribution in [0.1, 0.15) is 33.1 Å². The summed E-state index contributed by atoms with van der Waals surface area (Å²) in [4.78, 5) is 16.3. The first-order valence-corrected chi connectivity index (χ1v) is 9.76. The van der Waals surface area contributed by atoms with Crippen LogP contribution in [0.25, 0.3) is 11.4 Å². The molecular formula is C18H25N5OS. The number of aromatic nitrogens is 4. The van der Waals surface area contributed by atoms with Crippen molar-refractivity contribution < 1.29 is 4.79 Å². The molecule has 1 amide bonds. The Morgan fingerprint density at radius 3 is 2.80 bits per heavy atom. The number of hydrogen-bond acceptors (Lipinski definition) is 5. The molecule has 2 heterocycles. The minimum Gasteiger partial charge on any atom is -0.352 e. The summed E-state index contributed by atoms with van der Waals surface area (Å²) < 4.78 is 1.92. The second kappa shape index (κ2) is 7.99. The van der Waals surface area contributed by atoms with E-state index in [1.807, 2.05) is 23.7 Å². The summed E-state index contributed by atoms with van der Waals surface area (Å²) in [5, 5.41) is 12.4. The molecule has 0 saturated heterocycles. The third kappa shape index (κ3) is 4.21. The number of amides is 1. The fourth-order valence-electron chi connectivity index (χ4n) is 3.36. The third-order valence-corrected chi connectivity index (χ3v) is 6.18. The van der Waals surface area contributed by atoms with Gasteiger partial charge in [-0.2, -0.15) is 0 Å². The van der Waals surface area contributed by atoms with Crippen LogP contribution in [-0.4, -0.2) is 37.5 Å². The zero-order chi connectivity index (χ0) is 17.8. The van der Waals surface area contributed by atoms with Gasteiger partial charge in [-0.25, -0.2) is 0 Å². The number of nitrogens with one attached hydrogen (secondary N) is 1. The highest BCUT2D eigenvalue weighted by molar-refractivity contribution is 7.99. The highest BCUT2D eigenvalue weighted by atomic mass is 32.2. The number of carbonyl (C=O) groups excluding carboxylic acids is 1. The molecule has 1 fully saturated rings. The summed E-state index contributed by atoms with van der Waals surface area (Å²) in [6, 6.07) is 4.09. The molecule has 6 nitrogen and oxygen atoms in total. The van der Waals surface area contributed by atoms with Crippen molar-refractivity contribution in [2.75, 3.05) is 5.75 Å². The molecule has 1 aliphatic carbocycles. The first-order valence-electron chi connectivity index (χ1n) is 8.78. The smallest absolute Gasteiger partial charge is 0.230 e. The van der Waals surface area contributed by atoms with Crippen molar-refractivity contribution in [3.8, 4) is 11.4 Å². The lowest BCUT2D eigenvalue weighted by molar-refractivity contribution is -0.120. The first kappa shape index (κ1) is 17.9. The van der Waals surface area contributed by atoms with Crippen molar-refractivity contribution in [3.63, 3.8) is 0 Å². The molecule has 1 saturated carbocycles. The van der Waals surface area contributed by atoms with E-state index in [1.165, 1.54) is 24.6 Å². The minimum absolute atomic E-state index is 0.0735. The maximum atomic E-state index is 12.3. The molecule has 7 heteroatoms. The Morgan fingerprint density at radius 1 is 1.28 bits per heavy atom. The molecule has 0 radical (unpaired) electrons. The van der Waals surface area contributed by atoms with E-state index in [4.69, 9.17) is 0 Å². The lowest BCUT2D eigenvalue weighted by Gasteiger charge is -2.34. The molecule has 2 aromatic rings. The van der Waals surface area contributed by atoms with Gasteiger partial charge in [0.15, 0.2) is 11.0 Å². The second-order valence-electron chi connectivity index (χ2n) is 6.83. The zero-order valence-electron chi connectivity index (χ0n) is 15.0. The van der Waals surface area contributed by atoms with Crippen LogP contribution in [0.2, 0.25) is 0 Å². The molecule has 1 N–H and O–H groups in total. The van der Waals surface area contributed by atoms with Crippen LogP contribution in [0.15, 0.2) is 29.7 Å². The fraction of sp³-hybridized carbons (Fsp3) is 0.556. The van der Waals surface area contributed by atoms with E-state index >= 15 is 0 Å². The van der Waals surface area contributed by atoms with Crippen LogP contribution >= 0.6 is 11.8 Å². The van der Waals surface area contributed by atoms with Crippen molar-refractivity contribution in [1.82, 2.24) is 25.1 Å². The Labute approximate surface area is 152 Å².